The third kappa shape index (κ3) is 5.95. The molecule has 0 radical (unpaired) electrons. The van der Waals surface area contributed by atoms with Crippen molar-refractivity contribution < 1.29 is 13.2 Å². The molecule has 0 bridgehead atoms. The Morgan fingerprint density at radius 3 is 2.09 bits per heavy atom. The summed E-state index contributed by atoms with van der Waals surface area (Å²) < 4.78 is 28.7. The average molecular weight is 482 g/mol. The number of hydrogen-bond acceptors (Lipinski definition) is 4. The van der Waals surface area contributed by atoms with Gasteiger partial charge in [0.2, 0.25) is 15.9 Å². The van der Waals surface area contributed by atoms with Crippen LogP contribution in [0, 0.1) is 5.92 Å². The molecule has 0 aliphatic heterocycles. The molecule has 1 amide bonds. The Balaban J connectivity index is 1.29. The Labute approximate surface area is 203 Å². The molecule has 1 atom stereocenters. The highest BCUT2D eigenvalue weighted by molar-refractivity contribution is 7.89. The Morgan fingerprint density at radius 2 is 1.53 bits per heavy atom. The third-order valence-corrected chi connectivity index (χ3v) is 8.85. The van der Waals surface area contributed by atoms with Gasteiger partial charge in [-0.25, -0.2) is 13.1 Å². The number of carbonyl (C=O) groups is 1. The predicted octanol–water partition coefficient (Wildman–Crippen LogP) is 4.03. The average Bonchev–Trinajstić information content (AvgIpc) is 2.82. The largest absolute Gasteiger partial charge is 0.341 e. The van der Waals surface area contributed by atoms with Crippen molar-refractivity contribution in [2.45, 2.75) is 68.0 Å². The van der Waals surface area contributed by atoms with E-state index in [0.29, 0.717) is 18.9 Å². The molecule has 2 saturated carbocycles. The minimum atomic E-state index is -3.60. The van der Waals surface area contributed by atoms with E-state index in [9.17, 15) is 13.2 Å². The maximum atomic E-state index is 12.9. The lowest BCUT2D eigenvalue weighted by molar-refractivity contribution is -0.136. The minimum Gasteiger partial charge on any atom is -0.341 e. The molecule has 0 spiro atoms. The molecule has 2 fully saturated rings. The molecule has 2 aliphatic rings. The molecular weight excluding hydrogens is 446 g/mol. The standard InChI is InChI=1S/C27H35N3O3S/c1-30(24-8-5-9-24)27(31)26(28)22-14-16-23(17-15-22)29-34(32,33)25-18-12-21(13-19-25)11-10-20-6-3-2-4-7-20/h2-4,6-7,10-13,18-19,22-24,26,29H,5,8-9,14-17,28H2,1H3/b11-10+/t22?,23?,26-/m0/s1. The summed E-state index contributed by atoms with van der Waals surface area (Å²) in [6.07, 6.45) is 10.2. The van der Waals surface area contributed by atoms with Crippen LogP contribution < -0.4 is 10.5 Å². The van der Waals surface area contributed by atoms with E-state index in [2.05, 4.69) is 4.72 Å². The number of amides is 1. The Hall–Kier alpha value is -2.48. The summed E-state index contributed by atoms with van der Waals surface area (Å²) in [6, 6.07) is 16.6. The van der Waals surface area contributed by atoms with Gasteiger partial charge in [0.15, 0.2) is 0 Å². The summed E-state index contributed by atoms with van der Waals surface area (Å²) in [4.78, 5) is 14.8. The second kappa shape index (κ2) is 10.8. The normalized spacial score (nSPS) is 22.3. The SMILES string of the molecule is CN(C(=O)[C@@H](N)C1CCC(NS(=O)(=O)c2ccc(/C=C/c3ccccc3)cc2)CC1)C1CCC1. The Kier molecular flexibility index (Phi) is 7.86. The van der Waals surface area contributed by atoms with Crippen LogP contribution in [0.25, 0.3) is 12.2 Å². The summed E-state index contributed by atoms with van der Waals surface area (Å²) in [5.74, 6) is 0.126. The van der Waals surface area contributed by atoms with E-state index in [0.717, 1.165) is 36.8 Å². The first-order chi connectivity index (χ1) is 16.3. The van der Waals surface area contributed by atoms with Crippen LogP contribution in [0.15, 0.2) is 59.5 Å². The number of carbonyl (C=O) groups excluding carboxylic acids is 1. The minimum absolute atomic E-state index is 0.0233. The summed E-state index contributed by atoms with van der Waals surface area (Å²) in [5.41, 5.74) is 8.34. The van der Waals surface area contributed by atoms with Crippen LogP contribution in [-0.4, -0.2) is 44.4 Å². The first-order valence-corrected chi connectivity index (χ1v) is 13.7. The van der Waals surface area contributed by atoms with Gasteiger partial charge in [0.05, 0.1) is 10.9 Å². The Morgan fingerprint density at radius 1 is 0.941 bits per heavy atom. The van der Waals surface area contributed by atoms with Crippen LogP contribution in [0.3, 0.4) is 0 Å². The van der Waals surface area contributed by atoms with Gasteiger partial charge in [-0.05, 0) is 74.1 Å². The number of sulfonamides is 1. The zero-order valence-electron chi connectivity index (χ0n) is 19.8. The van der Waals surface area contributed by atoms with E-state index < -0.39 is 16.1 Å². The fraction of sp³-hybridized carbons (Fsp3) is 0.444. The monoisotopic (exact) mass is 481 g/mol. The molecule has 6 nitrogen and oxygen atoms in total. The summed E-state index contributed by atoms with van der Waals surface area (Å²) >= 11 is 0. The fourth-order valence-electron chi connectivity index (χ4n) is 4.79. The zero-order valence-corrected chi connectivity index (χ0v) is 20.6. The van der Waals surface area contributed by atoms with E-state index >= 15 is 0 Å². The van der Waals surface area contributed by atoms with Gasteiger partial charge in [-0.3, -0.25) is 4.79 Å². The number of nitrogens with zero attached hydrogens (tertiary/aromatic N) is 1. The first-order valence-electron chi connectivity index (χ1n) is 12.2. The quantitative estimate of drug-likeness (QED) is 0.557. The maximum absolute atomic E-state index is 12.9. The van der Waals surface area contributed by atoms with E-state index in [-0.39, 0.29) is 22.8 Å². The number of benzene rings is 2. The molecule has 0 unspecified atom stereocenters. The topological polar surface area (TPSA) is 92.5 Å². The van der Waals surface area contributed by atoms with E-state index in [1.165, 1.54) is 6.42 Å². The van der Waals surface area contributed by atoms with E-state index in [4.69, 9.17) is 5.73 Å². The van der Waals surface area contributed by atoms with Gasteiger partial charge < -0.3 is 10.6 Å². The van der Waals surface area contributed by atoms with Crippen molar-refractivity contribution >= 4 is 28.1 Å². The molecule has 0 aromatic heterocycles. The smallest absolute Gasteiger partial charge is 0.240 e. The summed E-state index contributed by atoms with van der Waals surface area (Å²) in [6.45, 7) is 0. The lowest BCUT2D eigenvalue weighted by atomic mass is 9.81. The molecule has 34 heavy (non-hydrogen) atoms. The van der Waals surface area contributed by atoms with Crippen molar-refractivity contribution in [1.82, 2.24) is 9.62 Å². The van der Waals surface area contributed by atoms with Crippen molar-refractivity contribution in [3.8, 4) is 0 Å². The molecular formula is C27H35N3O3S. The van der Waals surface area contributed by atoms with Gasteiger partial charge in [-0.2, -0.15) is 0 Å². The molecule has 182 valence electrons. The number of likely N-dealkylation sites (N-methyl/N-ethyl adjacent to an activating group) is 1. The summed E-state index contributed by atoms with van der Waals surface area (Å²) in [5, 5.41) is 0. The van der Waals surface area contributed by atoms with Gasteiger partial charge >= 0.3 is 0 Å². The van der Waals surface area contributed by atoms with E-state index in [1.54, 1.807) is 12.1 Å². The van der Waals surface area contributed by atoms with Crippen LogP contribution in [0.4, 0.5) is 0 Å². The number of hydrogen-bond donors (Lipinski definition) is 2. The van der Waals surface area contributed by atoms with Crippen LogP contribution in [0.1, 0.15) is 56.1 Å². The van der Waals surface area contributed by atoms with Crippen molar-refractivity contribution in [3.63, 3.8) is 0 Å². The molecule has 2 aromatic carbocycles. The highest BCUT2D eigenvalue weighted by Crippen LogP contribution is 2.30. The maximum Gasteiger partial charge on any atom is 0.240 e. The number of nitrogens with two attached hydrogens (primary N) is 1. The summed E-state index contributed by atoms with van der Waals surface area (Å²) in [7, 11) is -1.74. The highest BCUT2D eigenvalue weighted by atomic mass is 32.2. The van der Waals surface area contributed by atoms with Gasteiger partial charge in [-0.1, -0.05) is 54.6 Å². The predicted molar refractivity (Wildman–Crippen MR) is 136 cm³/mol. The number of rotatable bonds is 8. The molecule has 2 aliphatic carbocycles. The molecule has 2 aromatic rings. The Bertz CT molecular complexity index is 1090. The van der Waals surface area contributed by atoms with Crippen LogP contribution >= 0.6 is 0 Å². The van der Waals surface area contributed by atoms with Crippen molar-refractivity contribution in [1.29, 1.82) is 0 Å². The lowest BCUT2D eigenvalue weighted by Gasteiger charge is -2.38. The van der Waals surface area contributed by atoms with Crippen molar-refractivity contribution in [2.75, 3.05) is 7.05 Å². The van der Waals surface area contributed by atoms with Crippen molar-refractivity contribution in [3.05, 3.63) is 65.7 Å². The third-order valence-electron chi connectivity index (χ3n) is 7.31. The van der Waals surface area contributed by atoms with E-state index in [1.807, 2.05) is 66.6 Å². The number of nitrogens with one attached hydrogen (secondary N) is 1. The molecule has 4 rings (SSSR count). The fourth-order valence-corrected chi connectivity index (χ4v) is 6.09. The van der Waals surface area contributed by atoms with Crippen LogP contribution in [0.5, 0.6) is 0 Å². The van der Waals surface area contributed by atoms with Gasteiger partial charge in [-0.15, -0.1) is 0 Å². The van der Waals surface area contributed by atoms with Crippen molar-refractivity contribution in [2.24, 2.45) is 11.7 Å². The van der Waals surface area contributed by atoms with Gasteiger partial charge in [0.25, 0.3) is 0 Å². The van der Waals surface area contributed by atoms with Crippen LogP contribution in [-0.2, 0) is 14.8 Å². The lowest BCUT2D eigenvalue weighted by Crippen LogP contribution is -2.52. The van der Waals surface area contributed by atoms with Gasteiger partial charge in [0, 0.05) is 19.1 Å². The van der Waals surface area contributed by atoms with Gasteiger partial charge in [0.1, 0.15) is 0 Å². The highest BCUT2D eigenvalue weighted by Gasteiger charge is 2.35. The van der Waals surface area contributed by atoms with Crippen LogP contribution in [0.2, 0.25) is 0 Å². The second-order valence-electron chi connectivity index (χ2n) is 9.61. The molecule has 7 heteroatoms. The molecule has 0 heterocycles. The first kappa shape index (κ1) is 24.6. The molecule has 3 N–H and O–H groups in total. The second-order valence-corrected chi connectivity index (χ2v) is 11.3. The molecule has 0 saturated heterocycles. The zero-order chi connectivity index (χ0) is 24.1.